The van der Waals surface area contributed by atoms with Gasteiger partial charge in [-0.2, -0.15) is 0 Å². The molecule has 0 saturated heterocycles. The van der Waals surface area contributed by atoms with E-state index in [1.165, 1.54) is 11.3 Å². The molecule has 1 amide bonds. The van der Waals surface area contributed by atoms with Crippen molar-refractivity contribution in [3.63, 3.8) is 0 Å². The molecule has 0 radical (unpaired) electrons. The topological polar surface area (TPSA) is 117 Å². The first kappa shape index (κ1) is 21.7. The highest BCUT2D eigenvalue weighted by molar-refractivity contribution is 7.89. The number of primary amides is 1. The predicted octanol–water partition coefficient (Wildman–Crippen LogP) is 2.64. The smallest absolute Gasteiger partial charge is 0.262 e. The maximum Gasteiger partial charge on any atom is 0.262 e. The molecule has 3 aromatic rings. The summed E-state index contributed by atoms with van der Waals surface area (Å²) in [5, 5.41) is 1.73. The molecule has 0 aliphatic carbocycles. The average Bonchev–Trinajstić information content (AvgIpc) is 3.45. The van der Waals surface area contributed by atoms with Gasteiger partial charge < -0.3 is 19.9 Å². The van der Waals surface area contributed by atoms with Crippen molar-refractivity contribution in [2.45, 2.75) is 30.4 Å². The fourth-order valence-electron chi connectivity index (χ4n) is 3.86. The van der Waals surface area contributed by atoms with Crippen molar-refractivity contribution in [3.05, 3.63) is 69.4 Å². The summed E-state index contributed by atoms with van der Waals surface area (Å²) < 4.78 is 45.1. The minimum Gasteiger partial charge on any atom is -0.493 e. The Kier molecular flexibility index (Phi) is 5.73. The lowest BCUT2D eigenvalue weighted by atomic mass is 10.1. The summed E-state index contributed by atoms with van der Waals surface area (Å²) in [6.45, 7) is 1.09. The summed E-state index contributed by atoms with van der Waals surface area (Å²) in [5.74, 6) is 1.18. The minimum absolute atomic E-state index is 0.188. The van der Waals surface area contributed by atoms with Gasteiger partial charge in [-0.1, -0.05) is 24.3 Å². The van der Waals surface area contributed by atoms with Gasteiger partial charge in [0.05, 0.1) is 11.5 Å². The van der Waals surface area contributed by atoms with Crippen LogP contribution in [0.5, 0.6) is 17.2 Å². The van der Waals surface area contributed by atoms with Gasteiger partial charge in [0.15, 0.2) is 11.5 Å². The molecule has 2 aromatic carbocycles. The van der Waals surface area contributed by atoms with E-state index in [1.54, 1.807) is 23.6 Å². The quantitative estimate of drug-likeness (QED) is 0.530. The average molecular weight is 487 g/mol. The summed E-state index contributed by atoms with van der Waals surface area (Å²) in [4.78, 5) is 12.0. The Balaban J connectivity index is 1.18. The van der Waals surface area contributed by atoms with Crippen LogP contribution in [0.1, 0.15) is 26.4 Å². The lowest BCUT2D eigenvalue weighted by Gasteiger charge is -2.25. The molecule has 1 unspecified atom stereocenters. The Morgan fingerprint density at radius 2 is 1.88 bits per heavy atom. The Morgan fingerprint density at radius 1 is 1.09 bits per heavy atom. The van der Waals surface area contributed by atoms with Gasteiger partial charge in [-0.15, -0.1) is 11.3 Å². The van der Waals surface area contributed by atoms with Crippen molar-refractivity contribution in [2.24, 2.45) is 5.73 Å². The normalized spacial score (nSPS) is 16.8. The lowest BCUT2D eigenvalue weighted by Crippen LogP contribution is -2.31. The highest BCUT2D eigenvalue weighted by Crippen LogP contribution is 2.40. The van der Waals surface area contributed by atoms with Crippen LogP contribution in [0.4, 0.5) is 0 Å². The monoisotopic (exact) mass is 486 g/mol. The molecule has 8 nitrogen and oxygen atoms in total. The van der Waals surface area contributed by atoms with E-state index >= 15 is 0 Å². The van der Waals surface area contributed by atoms with Gasteiger partial charge in [0.25, 0.3) is 5.91 Å². The van der Waals surface area contributed by atoms with Gasteiger partial charge >= 0.3 is 0 Å². The number of carbonyl (C=O) groups is 1. The second kappa shape index (κ2) is 8.69. The van der Waals surface area contributed by atoms with Crippen molar-refractivity contribution in [2.75, 3.05) is 13.2 Å². The molecule has 33 heavy (non-hydrogen) atoms. The van der Waals surface area contributed by atoms with Crippen LogP contribution >= 0.6 is 11.3 Å². The minimum atomic E-state index is -3.62. The summed E-state index contributed by atoms with van der Waals surface area (Å²) in [6, 6.07) is 12.6. The number of hydrogen-bond donors (Lipinski definition) is 2. The number of rotatable bonds is 7. The van der Waals surface area contributed by atoms with Crippen LogP contribution in [0.25, 0.3) is 0 Å². The van der Waals surface area contributed by atoms with Crippen LogP contribution in [0.15, 0.2) is 52.7 Å². The van der Waals surface area contributed by atoms with Crippen LogP contribution < -0.4 is 24.7 Å². The summed E-state index contributed by atoms with van der Waals surface area (Å²) >= 11 is 1.21. The number of thiophene rings is 1. The van der Waals surface area contributed by atoms with Gasteiger partial charge in [-0.25, -0.2) is 13.1 Å². The molecule has 5 rings (SSSR count). The number of sulfonamides is 1. The van der Waals surface area contributed by atoms with Crippen molar-refractivity contribution in [1.29, 1.82) is 0 Å². The number of carbonyl (C=O) groups excluding carboxylic acids is 1. The number of nitrogens with two attached hydrogens (primary N) is 1. The third kappa shape index (κ3) is 4.54. The van der Waals surface area contributed by atoms with E-state index in [4.69, 9.17) is 19.9 Å². The molecular formula is C23H22N2O6S2. The maximum atomic E-state index is 12.7. The second-order valence-electron chi connectivity index (χ2n) is 7.89. The third-order valence-electron chi connectivity index (χ3n) is 5.57. The first-order valence-corrected chi connectivity index (χ1v) is 12.8. The molecule has 0 saturated carbocycles. The van der Waals surface area contributed by atoms with Crippen LogP contribution in [0.2, 0.25) is 0 Å². The number of hydrogen-bond acceptors (Lipinski definition) is 7. The molecule has 0 spiro atoms. The van der Waals surface area contributed by atoms with Crippen LogP contribution in [0, 0.1) is 0 Å². The van der Waals surface area contributed by atoms with E-state index in [9.17, 15) is 13.2 Å². The maximum absolute atomic E-state index is 12.7. The summed E-state index contributed by atoms with van der Waals surface area (Å²) in [5.41, 5.74) is 8.14. The standard InChI is InChI=1S/C23H22N2O6S2/c24-23(26)22-21-20(13-32-22)31-17(12-30-21)9-14-1-3-15(4-2-14)11-25-33(27,28)18-5-6-19-16(10-18)7-8-29-19/h1-6,10,13,17,25H,7-9,11-12H2,(H2,24,26). The second-order valence-corrected chi connectivity index (χ2v) is 10.5. The molecule has 2 aliphatic rings. The van der Waals surface area contributed by atoms with Gasteiger partial charge in [-0.05, 0) is 34.9 Å². The zero-order valence-electron chi connectivity index (χ0n) is 17.6. The zero-order valence-corrected chi connectivity index (χ0v) is 19.2. The fourth-order valence-corrected chi connectivity index (χ4v) is 5.70. The molecule has 1 atom stereocenters. The number of amides is 1. The molecule has 3 N–H and O–H groups in total. The molecule has 2 aliphatic heterocycles. The SMILES string of the molecule is NC(=O)c1scc2c1OCC(Cc1ccc(CNS(=O)(=O)c3ccc4c(c3)CCO4)cc1)O2. The van der Waals surface area contributed by atoms with E-state index in [2.05, 4.69) is 4.72 Å². The van der Waals surface area contributed by atoms with E-state index in [0.717, 1.165) is 28.9 Å². The highest BCUT2D eigenvalue weighted by Gasteiger charge is 2.27. The molecule has 10 heteroatoms. The van der Waals surface area contributed by atoms with E-state index in [-0.39, 0.29) is 17.5 Å². The van der Waals surface area contributed by atoms with Gasteiger partial charge in [-0.3, -0.25) is 4.79 Å². The van der Waals surface area contributed by atoms with Crippen LogP contribution in [-0.2, 0) is 29.4 Å². The van der Waals surface area contributed by atoms with Gasteiger partial charge in [0.2, 0.25) is 10.0 Å². The van der Waals surface area contributed by atoms with Gasteiger partial charge in [0, 0.05) is 24.8 Å². The van der Waals surface area contributed by atoms with Crippen LogP contribution in [-0.4, -0.2) is 33.6 Å². The van der Waals surface area contributed by atoms with Crippen molar-refractivity contribution in [3.8, 4) is 17.2 Å². The Morgan fingerprint density at radius 3 is 2.67 bits per heavy atom. The number of nitrogens with one attached hydrogen (secondary N) is 1. The summed E-state index contributed by atoms with van der Waals surface area (Å²) in [7, 11) is -3.62. The van der Waals surface area contributed by atoms with E-state index in [1.807, 2.05) is 24.3 Å². The number of ether oxygens (including phenoxy) is 3. The molecular weight excluding hydrogens is 464 g/mol. The first-order valence-electron chi connectivity index (χ1n) is 10.4. The number of benzene rings is 2. The number of fused-ring (bicyclic) bond motifs is 2. The Bertz CT molecular complexity index is 1300. The van der Waals surface area contributed by atoms with Crippen molar-refractivity contribution < 1.29 is 27.4 Å². The summed E-state index contributed by atoms with van der Waals surface area (Å²) in [6.07, 6.45) is 1.14. The molecule has 3 heterocycles. The Labute approximate surface area is 195 Å². The van der Waals surface area contributed by atoms with Gasteiger partial charge in [0.1, 0.15) is 23.3 Å². The largest absolute Gasteiger partial charge is 0.493 e. The van der Waals surface area contributed by atoms with Crippen molar-refractivity contribution >= 4 is 27.3 Å². The third-order valence-corrected chi connectivity index (χ3v) is 7.92. The lowest BCUT2D eigenvalue weighted by molar-refractivity contribution is 0.0881. The van der Waals surface area contributed by atoms with Crippen molar-refractivity contribution in [1.82, 2.24) is 4.72 Å². The highest BCUT2D eigenvalue weighted by atomic mass is 32.2. The molecule has 1 aromatic heterocycles. The van der Waals surface area contributed by atoms with Crippen LogP contribution in [0.3, 0.4) is 0 Å². The Hall–Kier alpha value is -3.08. The molecule has 172 valence electrons. The fraction of sp³-hybridized carbons (Fsp3) is 0.261. The van der Waals surface area contributed by atoms with E-state index < -0.39 is 15.9 Å². The predicted molar refractivity (Wildman–Crippen MR) is 123 cm³/mol. The zero-order chi connectivity index (χ0) is 23.0. The molecule has 0 fully saturated rings. The molecule has 0 bridgehead atoms. The van der Waals surface area contributed by atoms with E-state index in [0.29, 0.717) is 36.0 Å². The first-order chi connectivity index (χ1) is 15.9.